The highest BCUT2D eigenvalue weighted by Crippen LogP contribution is 2.30. The molecular formula is C46H51F3N8O8S. The number of anilines is 2. The summed E-state index contributed by atoms with van der Waals surface area (Å²) in [6.07, 6.45) is -4.32. The summed E-state index contributed by atoms with van der Waals surface area (Å²) in [7, 11) is 0. The molecule has 1 aliphatic heterocycles. The molecule has 3 heterocycles. The van der Waals surface area contributed by atoms with Gasteiger partial charge in [0.15, 0.2) is 0 Å². The summed E-state index contributed by atoms with van der Waals surface area (Å²) >= 11 is 1.55. The number of hydrogen-bond donors (Lipinski definition) is 5. The first-order chi connectivity index (χ1) is 31.4. The van der Waals surface area contributed by atoms with Gasteiger partial charge in [-0.3, -0.25) is 19.2 Å². The average Bonchev–Trinajstić information content (AvgIpc) is 3.90. The van der Waals surface area contributed by atoms with Crippen molar-refractivity contribution in [3.8, 4) is 27.4 Å². The highest BCUT2D eigenvalue weighted by molar-refractivity contribution is 7.13. The molecule has 0 radical (unpaired) electrons. The van der Waals surface area contributed by atoms with Crippen molar-refractivity contribution in [3.63, 3.8) is 0 Å². The van der Waals surface area contributed by atoms with Crippen LogP contribution in [-0.2, 0) is 30.4 Å². The van der Waals surface area contributed by atoms with E-state index in [4.69, 9.17) is 9.47 Å². The highest BCUT2D eigenvalue weighted by atomic mass is 32.1. The fraction of sp³-hybridized carbons (Fsp3) is 0.370. The number of aliphatic hydroxyl groups excluding tert-OH is 1. The van der Waals surface area contributed by atoms with Crippen molar-refractivity contribution in [2.45, 2.75) is 65.2 Å². The molecule has 0 aliphatic carbocycles. The lowest BCUT2D eigenvalue weighted by Crippen LogP contribution is -2.58. The van der Waals surface area contributed by atoms with Gasteiger partial charge in [-0.05, 0) is 59.9 Å². The molecule has 5 N–H and O–H groups in total. The quantitative estimate of drug-likeness (QED) is 0.0625. The van der Waals surface area contributed by atoms with E-state index >= 15 is 0 Å². The first-order valence-corrected chi connectivity index (χ1v) is 21.9. The van der Waals surface area contributed by atoms with Gasteiger partial charge in [0.1, 0.15) is 36.6 Å². The summed E-state index contributed by atoms with van der Waals surface area (Å²) in [4.78, 5) is 68.4. The maximum absolute atomic E-state index is 13.9. The standard InChI is InChI=1S/C46H51F3N8O8S/c1-28-40(66-27-54-28)30-10-8-29(9-11-30)23-51-43(61)37-21-34(58)24-57(37)44(62)41(45(2,3)4)56-39(59)25-64-19-18-63-17-16-50-42(60)32-7-5-6-31(20-32)36-22-38(53-26-52-36)55-33-12-14-35(15-13-33)65-46(47,48)49/h5-15,20,22,26-27,34,37,41,58H,16-19,21,23-25H2,1-4H3,(H,50,60)(H,51,61)(H,56,59)(H,52,53,55)/t34-,37+,41-/m1/s1. The van der Waals surface area contributed by atoms with Gasteiger partial charge in [-0.15, -0.1) is 24.5 Å². The Labute approximate surface area is 383 Å². The van der Waals surface area contributed by atoms with Crippen molar-refractivity contribution in [1.29, 1.82) is 0 Å². The van der Waals surface area contributed by atoms with E-state index in [-0.39, 0.29) is 64.1 Å². The van der Waals surface area contributed by atoms with E-state index < -0.39 is 47.7 Å². The summed E-state index contributed by atoms with van der Waals surface area (Å²) in [5, 5.41) is 22.0. The average molecular weight is 933 g/mol. The molecule has 0 bridgehead atoms. The smallest absolute Gasteiger partial charge is 0.406 e. The maximum atomic E-state index is 13.9. The molecule has 3 aromatic carbocycles. The number of alkyl halides is 3. The van der Waals surface area contributed by atoms with Crippen LogP contribution >= 0.6 is 11.3 Å². The second-order valence-electron chi connectivity index (χ2n) is 16.4. The number of nitrogens with zero attached hydrogens (tertiary/aromatic N) is 4. The third-order valence-corrected chi connectivity index (χ3v) is 11.3. The molecular weight excluding hydrogens is 882 g/mol. The van der Waals surface area contributed by atoms with Gasteiger partial charge in [0.25, 0.3) is 5.91 Å². The SMILES string of the molecule is Cc1ncsc1-c1ccc(CNC(=O)[C@@H]2C[C@@H](O)CN2C(=O)[C@@H](NC(=O)COCCOCCNC(=O)c2cccc(-c3cc(Nc4ccc(OC(F)(F)F)cc4)ncn3)c2)C(C)(C)C)cc1. The molecule has 16 nitrogen and oxygen atoms in total. The normalized spacial score (nSPS) is 15.5. The Balaban J connectivity index is 0.896. The lowest BCUT2D eigenvalue weighted by atomic mass is 9.85. The van der Waals surface area contributed by atoms with E-state index in [0.717, 1.165) is 21.7 Å². The topological polar surface area (TPSA) is 206 Å². The summed E-state index contributed by atoms with van der Waals surface area (Å²) in [5.74, 6) is -1.78. The summed E-state index contributed by atoms with van der Waals surface area (Å²) in [6.45, 7) is 7.65. The predicted molar refractivity (Wildman–Crippen MR) is 239 cm³/mol. The van der Waals surface area contributed by atoms with E-state index in [2.05, 4.69) is 41.0 Å². The monoisotopic (exact) mass is 932 g/mol. The summed E-state index contributed by atoms with van der Waals surface area (Å²) in [5.41, 5.74) is 5.84. The number of amides is 4. The second-order valence-corrected chi connectivity index (χ2v) is 17.3. The number of ether oxygens (including phenoxy) is 3. The number of aryl methyl sites for hydroxylation is 1. The number of aliphatic hydroxyl groups is 1. The van der Waals surface area contributed by atoms with Crippen LogP contribution in [0, 0.1) is 12.3 Å². The summed E-state index contributed by atoms with van der Waals surface area (Å²) in [6, 6.07) is 19.4. The first-order valence-electron chi connectivity index (χ1n) is 21.0. The minimum Gasteiger partial charge on any atom is -0.406 e. The first kappa shape index (κ1) is 49.0. The van der Waals surface area contributed by atoms with Crippen molar-refractivity contribution >= 4 is 46.5 Å². The van der Waals surface area contributed by atoms with Crippen LogP contribution in [0.4, 0.5) is 24.7 Å². The molecule has 0 spiro atoms. The van der Waals surface area contributed by atoms with Gasteiger partial charge >= 0.3 is 6.36 Å². The number of rotatable bonds is 19. The molecule has 0 saturated carbocycles. The number of likely N-dealkylation sites (tertiary alicyclic amines) is 1. The number of hydrogen-bond acceptors (Lipinski definition) is 13. The number of halogens is 3. The number of aromatic nitrogens is 3. The third kappa shape index (κ3) is 14.0. The Bertz CT molecular complexity index is 2450. The number of benzene rings is 3. The zero-order valence-electron chi connectivity index (χ0n) is 36.7. The van der Waals surface area contributed by atoms with Crippen molar-refractivity contribution in [1.82, 2.24) is 35.8 Å². The number of nitrogens with one attached hydrogen (secondary N) is 4. The Morgan fingerprint density at radius 3 is 2.33 bits per heavy atom. The van der Waals surface area contributed by atoms with Crippen molar-refractivity contribution in [3.05, 3.63) is 108 Å². The molecule has 5 aromatic rings. The Hall–Kier alpha value is -6.48. The molecule has 1 saturated heterocycles. The van der Waals surface area contributed by atoms with Crippen LogP contribution in [0.5, 0.6) is 5.75 Å². The van der Waals surface area contributed by atoms with Gasteiger partial charge in [0, 0.05) is 48.9 Å². The van der Waals surface area contributed by atoms with E-state index in [0.29, 0.717) is 28.3 Å². The van der Waals surface area contributed by atoms with Gasteiger partial charge in [-0.1, -0.05) is 57.2 Å². The molecule has 350 valence electrons. The molecule has 3 atom stereocenters. The van der Waals surface area contributed by atoms with Crippen LogP contribution in [-0.4, -0.2) is 113 Å². The summed E-state index contributed by atoms with van der Waals surface area (Å²) < 4.78 is 52.4. The highest BCUT2D eigenvalue weighted by Gasteiger charge is 2.44. The molecule has 4 amide bonds. The third-order valence-electron chi connectivity index (χ3n) is 10.3. The van der Waals surface area contributed by atoms with Gasteiger partial charge < -0.3 is 45.5 Å². The lowest BCUT2D eigenvalue weighted by Gasteiger charge is -2.35. The molecule has 1 fully saturated rings. The Kier molecular flexibility index (Phi) is 16.4. The molecule has 66 heavy (non-hydrogen) atoms. The molecule has 6 rings (SSSR count). The van der Waals surface area contributed by atoms with E-state index in [1.165, 1.54) is 35.5 Å². The predicted octanol–water partition coefficient (Wildman–Crippen LogP) is 5.79. The lowest BCUT2D eigenvalue weighted by molar-refractivity contribution is -0.274. The van der Waals surface area contributed by atoms with E-state index in [9.17, 15) is 37.5 Å². The minimum atomic E-state index is -4.80. The van der Waals surface area contributed by atoms with Crippen LogP contribution in [0.1, 0.15) is 48.8 Å². The van der Waals surface area contributed by atoms with E-state index in [1.807, 2.05) is 31.2 Å². The van der Waals surface area contributed by atoms with Gasteiger partial charge in [-0.2, -0.15) is 0 Å². The number of carbonyl (C=O) groups excluding carboxylic acids is 4. The van der Waals surface area contributed by atoms with E-state index in [1.54, 1.807) is 68.0 Å². The van der Waals surface area contributed by atoms with Crippen molar-refractivity contribution in [2.24, 2.45) is 5.41 Å². The van der Waals surface area contributed by atoms with Gasteiger partial charge in [0.2, 0.25) is 17.7 Å². The number of thiazole rings is 1. The maximum Gasteiger partial charge on any atom is 0.573 e. The fourth-order valence-electron chi connectivity index (χ4n) is 7.00. The molecule has 20 heteroatoms. The molecule has 2 aromatic heterocycles. The Morgan fingerprint density at radius 1 is 0.894 bits per heavy atom. The zero-order valence-corrected chi connectivity index (χ0v) is 37.5. The van der Waals surface area contributed by atoms with Crippen LogP contribution < -0.4 is 26.0 Å². The molecule has 0 unspecified atom stereocenters. The van der Waals surface area contributed by atoms with Crippen molar-refractivity contribution in [2.75, 3.05) is 44.8 Å². The Morgan fingerprint density at radius 2 is 1.64 bits per heavy atom. The zero-order chi connectivity index (χ0) is 47.4. The van der Waals surface area contributed by atoms with Crippen LogP contribution in [0.3, 0.4) is 0 Å². The molecule has 1 aliphatic rings. The van der Waals surface area contributed by atoms with Crippen molar-refractivity contribution < 1.29 is 51.7 Å². The van der Waals surface area contributed by atoms with Crippen LogP contribution in [0.15, 0.2) is 90.7 Å². The largest absolute Gasteiger partial charge is 0.573 e. The van der Waals surface area contributed by atoms with Gasteiger partial charge in [0.05, 0.1) is 47.7 Å². The minimum absolute atomic E-state index is 0.0526. The van der Waals surface area contributed by atoms with Crippen LogP contribution in [0.2, 0.25) is 0 Å². The fourth-order valence-corrected chi connectivity index (χ4v) is 7.81. The number of β-amino-alcohol motifs (C(OH)–C–C–N with tert-alkyl or cyclic N) is 1. The van der Waals surface area contributed by atoms with Crippen LogP contribution in [0.25, 0.3) is 21.7 Å². The second kappa shape index (κ2) is 22.1. The van der Waals surface area contributed by atoms with Gasteiger partial charge in [-0.25, -0.2) is 15.0 Å². The number of carbonyl (C=O) groups is 4.